The Labute approximate surface area is 159 Å². The van der Waals surface area contributed by atoms with Crippen molar-refractivity contribution in [2.24, 2.45) is 5.73 Å². The Bertz CT molecular complexity index is 1070. The van der Waals surface area contributed by atoms with E-state index in [4.69, 9.17) is 5.73 Å². The van der Waals surface area contributed by atoms with Gasteiger partial charge in [-0.3, -0.25) is 15.1 Å². The van der Waals surface area contributed by atoms with Crippen LogP contribution < -0.4 is 11.1 Å². The van der Waals surface area contributed by atoms with Gasteiger partial charge in [0.2, 0.25) is 5.13 Å². The van der Waals surface area contributed by atoms with Crippen LogP contribution in [0.25, 0.3) is 21.6 Å². The van der Waals surface area contributed by atoms with Crippen LogP contribution in [0.15, 0.2) is 49.1 Å². The first-order valence-corrected chi connectivity index (χ1v) is 9.26. The molecular weight excluding hydrogens is 362 g/mol. The van der Waals surface area contributed by atoms with Crippen molar-refractivity contribution in [1.82, 2.24) is 24.7 Å². The van der Waals surface area contributed by atoms with E-state index >= 15 is 0 Å². The minimum atomic E-state index is -0.245. The third-order valence-electron chi connectivity index (χ3n) is 4.06. The summed E-state index contributed by atoms with van der Waals surface area (Å²) in [5.41, 5.74) is 8.75. The van der Waals surface area contributed by atoms with Gasteiger partial charge in [-0.2, -0.15) is 0 Å². The number of nitrogens with one attached hydrogen (secondary N) is 1. The summed E-state index contributed by atoms with van der Waals surface area (Å²) in [4.78, 5) is 20.9. The molecule has 0 aliphatic rings. The molecule has 3 heterocycles. The number of hydrogen-bond donors (Lipinski definition) is 2. The van der Waals surface area contributed by atoms with E-state index < -0.39 is 0 Å². The second-order valence-electron chi connectivity index (χ2n) is 5.89. The zero-order chi connectivity index (χ0) is 18.6. The van der Waals surface area contributed by atoms with Gasteiger partial charge < -0.3 is 10.3 Å². The molecule has 136 valence electrons. The Morgan fingerprint density at radius 3 is 2.85 bits per heavy atom. The number of amides is 1. The highest BCUT2D eigenvalue weighted by molar-refractivity contribution is 7.18. The van der Waals surface area contributed by atoms with Gasteiger partial charge in [-0.1, -0.05) is 11.3 Å². The molecule has 0 atom stereocenters. The average molecular weight is 379 g/mol. The molecule has 0 bridgehead atoms. The summed E-state index contributed by atoms with van der Waals surface area (Å²) in [6.45, 7) is 1.44. The van der Waals surface area contributed by atoms with Crippen LogP contribution in [0.5, 0.6) is 0 Å². The summed E-state index contributed by atoms with van der Waals surface area (Å²) in [5, 5.41) is 12.1. The Kier molecular flexibility index (Phi) is 4.86. The highest BCUT2D eigenvalue weighted by Crippen LogP contribution is 2.26. The number of carbonyl (C=O) groups is 1. The molecule has 3 N–H and O–H groups in total. The van der Waals surface area contributed by atoms with Gasteiger partial charge in [0.25, 0.3) is 5.91 Å². The number of aryl methyl sites for hydroxylation is 1. The maximum absolute atomic E-state index is 12.5. The minimum absolute atomic E-state index is 0.245. The predicted molar refractivity (Wildman–Crippen MR) is 104 cm³/mol. The smallest absolute Gasteiger partial charge is 0.257 e. The van der Waals surface area contributed by atoms with Crippen LogP contribution >= 0.6 is 11.3 Å². The normalized spacial score (nSPS) is 11.0. The molecule has 4 rings (SSSR count). The Hall–Kier alpha value is -3.17. The number of fused-ring (bicyclic) bond motifs is 1. The van der Waals surface area contributed by atoms with Crippen molar-refractivity contribution in [3.8, 4) is 10.6 Å². The first-order chi connectivity index (χ1) is 13.2. The molecule has 0 spiro atoms. The number of imidazole rings is 1. The van der Waals surface area contributed by atoms with E-state index in [2.05, 4.69) is 25.5 Å². The van der Waals surface area contributed by atoms with Gasteiger partial charge in [-0.15, -0.1) is 10.2 Å². The Morgan fingerprint density at radius 2 is 2.04 bits per heavy atom. The van der Waals surface area contributed by atoms with Crippen molar-refractivity contribution in [1.29, 1.82) is 0 Å². The molecule has 8 nitrogen and oxygen atoms in total. The van der Waals surface area contributed by atoms with Gasteiger partial charge in [0.05, 0.1) is 17.4 Å². The number of pyridine rings is 1. The van der Waals surface area contributed by atoms with Crippen molar-refractivity contribution >= 4 is 33.4 Å². The van der Waals surface area contributed by atoms with E-state index in [1.807, 2.05) is 22.8 Å². The fraction of sp³-hybridized carbons (Fsp3) is 0.167. The van der Waals surface area contributed by atoms with Crippen LogP contribution in [0.2, 0.25) is 0 Å². The maximum Gasteiger partial charge on any atom is 0.257 e. The lowest BCUT2D eigenvalue weighted by atomic mass is 10.2. The largest absolute Gasteiger partial charge is 0.331 e. The van der Waals surface area contributed by atoms with E-state index in [1.54, 1.807) is 30.9 Å². The zero-order valence-corrected chi connectivity index (χ0v) is 15.2. The number of nitrogens with zero attached hydrogens (tertiary/aromatic N) is 5. The third kappa shape index (κ3) is 3.69. The molecule has 0 unspecified atom stereocenters. The summed E-state index contributed by atoms with van der Waals surface area (Å²) in [7, 11) is 0. The number of rotatable bonds is 6. The maximum atomic E-state index is 12.5. The first kappa shape index (κ1) is 17.3. The number of benzene rings is 1. The lowest BCUT2D eigenvalue weighted by Crippen LogP contribution is -2.11. The van der Waals surface area contributed by atoms with Gasteiger partial charge in [-0.05, 0) is 43.3 Å². The van der Waals surface area contributed by atoms with Crippen molar-refractivity contribution in [2.45, 2.75) is 13.0 Å². The van der Waals surface area contributed by atoms with Crippen molar-refractivity contribution in [2.75, 3.05) is 11.9 Å². The van der Waals surface area contributed by atoms with Crippen LogP contribution in [-0.2, 0) is 6.54 Å². The molecule has 0 saturated carbocycles. The van der Waals surface area contributed by atoms with Crippen LogP contribution in [0.4, 0.5) is 5.13 Å². The lowest BCUT2D eigenvalue weighted by molar-refractivity contribution is 0.102. The van der Waals surface area contributed by atoms with Crippen LogP contribution in [0, 0.1) is 0 Å². The molecule has 1 aromatic carbocycles. The molecular formula is C18H17N7OS. The van der Waals surface area contributed by atoms with Gasteiger partial charge >= 0.3 is 0 Å². The molecule has 27 heavy (non-hydrogen) atoms. The summed E-state index contributed by atoms with van der Waals surface area (Å²) >= 11 is 1.31. The van der Waals surface area contributed by atoms with Crippen molar-refractivity contribution in [3.05, 3.63) is 54.6 Å². The van der Waals surface area contributed by atoms with E-state index in [0.717, 1.165) is 34.6 Å². The number of anilines is 1. The van der Waals surface area contributed by atoms with E-state index in [9.17, 15) is 4.79 Å². The van der Waals surface area contributed by atoms with Gasteiger partial charge in [0, 0.05) is 30.1 Å². The standard InChI is InChI=1S/C18H17N7OS/c19-6-1-9-25-11-21-14-10-13(2-3-15(14)25)16(26)22-18-24-23-17(27-18)12-4-7-20-8-5-12/h2-5,7-8,10-11H,1,6,9,19H2,(H,22,24,26). The molecule has 0 aliphatic carbocycles. The van der Waals surface area contributed by atoms with Crippen molar-refractivity contribution in [3.63, 3.8) is 0 Å². The number of nitrogens with two attached hydrogens (primary N) is 1. The first-order valence-electron chi connectivity index (χ1n) is 8.45. The van der Waals surface area contributed by atoms with Crippen LogP contribution in [0.1, 0.15) is 16.8 Å². The van der Waals surface area contributed by atoms with Gasteiger partial charge in [-0.25, -0.2) is 4.98 Å². The second kappa shape index (κ2) is 7.60. The summed E-state index contributed by atoms with van der Waals surface area (Å²) in [6.07, 6.45) is 6.03. The number of carbonyl (C=O) groups excluding carboxylic acids is 1. The topological polar surface area (TPSA) is 112 Å². The molecule has 1 amide bonds. The Morgan fingerprint density at radius 1 is 1.19 bits per heavy atom. The Balaban J connectivity index is 1.51. The molecule has 0 fully saturated rings. The zero-order valence-electron chi connectivity index (χ0n) is 14.4. The van der Waals surface area contributed by atoms with Gasteiger partial charge in [0.15, 0.2) is 0 Å². The van der Waals surface area contributed by atoms with E-state index in [-0.39, 0.29) is 5.91 Å². The average Bonchev–Trinajstić information content (AvgIpc) is 3.33. The summed E-state index contributed by atoms with van der Waals surface area (Å²) in [6, 6.07) is 9.15. The number of hydrogen-bond acceptors (Lipinski definition) is 7. The molecule has 0 saturated heterocycles. The SMILES string of the molecule is NCCCn1cnc2cc(C(=O)Nc3nnc(-c4ccncc4)s3)ccc21. The fourth-order valence-corrected chi connectivity index (χ4v) is 3.44. The number of aromatic nitrogens is 5. The highest BCUT2D eigenvalue weighted by Gasteiger charge is 2.13. The second-order valence-corrected chi connectivity index (χ2v) is 6.86. The van der Waals surface area contributed by atoms with Crippen molar-refractivity contribution < 1.29 is 4.79 Å². The van der Waals surface area contributed by atoms with Crippen LogP contribution in [0.3, 0.4) is 0 Å². The van der Waals surface area contributed by atoms with Crippen LogP contribution in [-0.4, -0.2) is 37.2 Å². The fourth-order valence-electron chi connectivity index (χ4n) is 2.70. The lowest BCUT2D eigenvalue weighted by Gasteiger charge is -2.04. The van der Waals surface area contributed by atoms with E-state index in [1.165, 1.54) is 11.3 Å². The van der Waals surface area contributed by atoms with E-state index in [0.29, 0.717) is 17.2 Å². The summed E-state index contributed by atoms with van der Waals surface area (Å²) in [5.74, 6) is -0.245. The highest BCUT2D eigenvalue weighted by atomic mass is 32.1. The van der Waals surface area contributed by atoms with Gasteiger partial charge in [0.1, 0.15) is 5.01 Å². The molecule has 9 heteroatoms. The quantitative estimate of drug-likeness (QED) is 0.532. The molecule has 3 aromatic heterocycles. The summed E-state index contributed by atoms with van der Waals surface area (Å²) < 4.78 is 2.04. The molecule has 4 aromatic rings. The minimum Gasteiger partial charge on any atom is -0.331 e. The molecule has 0 radical (unpaired) electrons. The predicted octanol–water partition coefficient (Wildman–Crippen LogP) is 2.55. The third-order valence-corrected chi connectivity index (χ3v) is 4.95. The monoisotopic (exact) mass is 379 g/mol. The molecule has 0 aliphatic heterocycles.